The molecule has 1 N–H and O–H groups in total. The average molecular weight is 347 g/mol. The Labute approximate surface area is 150 Å². The van der Waals surface area contributed by atoms with Crippen LogP contribution in [0.3, 0.4) is 0 Å². The molecule has 0 fully saturated rings. The smallest absolute Gasteiger partial charge is 0.261 e. The summed E-state index contributed by atoms with van der Waals surface area (Å²) in [5, 5.41) is 15.2. The molecule has 0 unspecified atom stereocenters. The van der Waals surface area contributed by atoms with Crippen molar-refractivity contribution in [2.24, 2.45) is 5.10 Å². The fraction of sp³-hybridized carbons (Fsp3) is 0.105. The maximum atomic E-state index is 11.1. The number of nitro benzene ring substituents is 1. The largest absolute Gasteiger partial charge is 0.278 e. The summed E-state index contributed by atoms with van der Waals surface area (Å²) in [5.41, 5.74) is 5.89. The first-order chi connectivity index (χ1) is 12.6. The van der Waals surface area contributed by atoms with Crippen LogP contribution in [-0.4, -0.2) is 21.1 Å². The van der Waals surface area contributed by atoms with Crippen molar-refractivity contribution in [3.63, 3.8) is 0 Å². The number of nitrogens with one attached hydrogen (secondary N) is 1. The highest BCUT2D eigenvalue weighted by atomic mass is 16.6. The van der Waals surface area contributed by atoms with Crippen molar-refractivity contribution in [2.45, 2.75) is 13.8 Å². The van der Waals surface area contributed by atoms with E-state index in [0.717, 1.165) is 16.8 Å². The Balaban J connectivity index is 1.89. The first-order valence-electron chi connectivity index (χ1n) is 7.99. The van der Waals surface area contributed by atoms with Gasteiger partial charge >= 0.3 is 0 Å². The van der Waals surface area contributed by atoms with Gasteiger partial charge in [0.1, 0.15) is 0 Å². The Morgan fingerprint density at radius 3 is 2.46 bits per heavy atom. The van der Waals surface area contributed by atoms with Gasteiger partial charge in [-0.05, 0) is 19.9 Å². The van der Waals surface area contributed by atoms with Crippen molar-refractivity contribution in [1.29, 1.82) is 0 Å². The Bertz CT molecular complexity index is 971. The summed E-state index contributed by atoms with van der Waals surface area (Å²) in [5.74, 6) is 1.16. The second-order valence-corrected chi connectivity index (χ2v) is 5.66. The summed E-state index contributed by atoms with van der Waals surface area (Å²) in [6.07, 6.45) is 1.41. The van der Waals surface area contributed by atoms with Gasteiger partial charge < -0.3 is 0 Å². The molecule has 0 amide bonds. The number of anilines is 1. The molecule has 0 saturated heterocycles. The van der Waals surface area contributed by atoms with Gasteiger partial charge in [0.25, 0.3) is 5.69 Å². The summed E-state index contributed by atoms with van der Waals surface area (Å²) in [6, 6.07) is 16.1. The van der Waals surface area contributed by atoms with E-state index in [4.69, 9.17) is 0 Å². The third-order valence-electron chi connectivity index (χ3n) is 3.93. The monoisotopic (exact) mass is 347 g/mol. The average Bonchev–Trinajstić information content (AvgIpc) is 2.66. The summed E-state index contributed by atoms with van der Waals surface area (Å²) >= 11 is 0. The maximum absolute atomic E-state index is 11.1. The molecule has 7 heteroatoms. The van der Waals surface area contributed by atoms with Gasteiger partial charge in [-0.25, -0.2) is 9.97 Å². The summed E-state index contributed by atoms with van der Waals surface area (Å²) in [6.45, 7) is 3.80. The van der Waals surface area contributed by atoms with E-state index < -0.39 is 4.92 Å². The maximum Gasteiger partial charge on any atom is 0.278 e. The minimum Gasteiger partial charge on any atom is -0.261 e. The van der Waals surface area contributed by atoms with Gasteiger partial charge in [-0.2, -0.15) is 5.10 Å². The van der Waals surface area contributed by atoms with Crippen LogP contribution in [0.2, 0.25) is 0 Å². The van der Waals surface area contributed by atoms with Gasteiger partial charge in [0.05, 0.1) is 16.7 Å². The normalized spacial score (nSPS) is 10.8. The zero-order valence-electron chi connectivity index (χ0n) is 14.4. The second-order valence-electron chi connectivity index (χ2n) is 5.66. The molecule has 0 radical (unpaired) electrons. The summed E-state index contributed by atoms with van der Waals surface area (Å²) < 4.78 is 0. The zero-order chi connectivity index (χ0) is 18.5. The lowest BCUT2D eigenvalue weighted by Gasteiger charge is -2.09. The topological polar surface area (TPSA) is 93.3 Å². The van der Waals surface area contributed by atoms with E-state index in [0.29, 0.717) is 17.2 Å². The fourth-order valence-corrected chi connectivity index (χ4v) is 2.38. The predicted octanol–water partition coefficient (Wildman–Crippen LogP) is 4.11. The van der Waals surface area contributed by atoms with Crippen molar-refractivity contribution in [3.05, 3.63) is 81.5 Å². The molecule has 1 heterocycles. The van der Waals surface area contributed by atoms with Crippen molar-refractivity contribution in [1.82, 2.24) is 9.97 Å². The van der Waals surface area contributed by atoms with E-state index >= 15 is 0 Å². The molecule has 2 aromatic carbocycles. The van der Waals surface area contributed by atoms with Crippen LogP contribution in [-0.2, 0) is 0 Å². The van der Waals surface area contributed by atoms with Gasteiger partial charge in [0.15, 0.2) is 11.6 Å². The molecular weight excluding hydrogens is 330 g/mol. The molecule has 0 saturated carbocycles. The highest BCUT2D eigenvalue weighted by Gasteiger charge is 2.11. The lowest BCUT2D eigenvalue weighted by atomic mass is 10.2. The molecule has 0 atom stereocenters. The predicted molar refractivity (Wildman–Crippen MR) is 101 cm³/mol. The van der Waals surface area contributed by atoms with Crippen molar-refractivity contribution in [3.8, 4) is 11.4 Å². The van der Waals surface area contributed by atoms with Crippen molar-refractivity contribution < 1.29 is 4.92 Å². The standard InChI is InChI=1S/C19H17N5O2/c1-13-14(2)21-19(15-8-4-3-5-9-15)22-18(13)23-20-12-16-10-6-7-11-17(16)24(25)26/h3-12H,1-2H3,(H,21,22,23)/b20-12-. The molecule has 3 rings (SSSR count). The minimum atomic E-state index is -0.436. The van der Waals surface area contributed by atoms with E-state index in [1.165, 1.54) is 12.3 Å². The molecule has 0 aliphatic heterocycles. The molecule has 0 bridgehead atoms. The van der Waals surface area contributed by atoms with Gasteiger partial charge in [-0.15, -0.1) is 0 Å². The Morgan fingerprint density at radius 2 is 1.73 bits per heavy atom. The number of hydrogen-bond donors (Lipinski definition) is 1. The van der Waals surface area contributed by atoms with Gasteiger partial charge in [-0.3, -0.25) is 15.5 Å². The second kappa shape index (κ2) is 7.52. The molecule has 1 aromatic heterocycles. The fourth-order valence-electron chi connectivity index (χ4n) is 2.38. The number of rotatable bonds is 5. The van der Waals surface area contributed by atoms with Crippen molar-refractivity contribution in [2.75, 3.05) is 5.43 Å². The highest BCUT2D eigenvalue weighted by Crippen LogP contribution is 2.21. The number of hydrogen-bond acceptors (Lipinski definition) is 6. The quantitative estimate of drug-likeness (QED) is 0.426. The van der Waals surface area contributed by atoms with Gasteiger partial charge in [0, 0.05) is 22.9 Å². The molecular formula is C19H17N5O2. The Kier molecular flexibility index (Phi) is 4.98. The minimum absolute atomic E-state index is 0.00128. The van der Waals surface area contributed by atoms with E-state index in [1.54, 1.807) is 18.2 Å². The van der Waals surface area contributed by atoms with Crippen LogP contribution in [0.4, 0.5) is 11.5 Å². The van der Waals surface area contributed by atoms with Crippen LogP contribution < -0.4 is 5.43 Å². The van der Waals surface area contributed by atoms with Gasteiger partial charge in [0.2, 0.25) is 0 Å². The van der Waals surface area contributed by atoms with Gasteiger partial charge in [-0.1, -0.05) is 42.5 Å². The van der Waals surface area contributed by atoms with E-state index in [2.05, 4.69) is 20.5 Å². The number of nitrogens with zero attached hydrogens (tertiary/aromatic N) is 4. The van der Waals surface area contributed by atoms with Crippen LogP contribution in [0.25, 0.3) is 11.4 Å². The van der Waals surface area contributed by atoms with Crippen LogP contribution in [0.5, 0.6) is 0 Å². The zero-order valence-corrected chi connectivity index (χ0v) is 14.4. The van der Waals surface area contributed by atoms with Crippen LogP contribution in [0.1, 0.15) is 16.8 Å². The SMILES string of the molecule is Cc1nc(-c2ccccc2)nc(N/N=C\c2ccccc2[N+](=O)[O-])c1C. The molecule has 0 spiro atoms. The van der Waals surface area contributed by atoms with E-state index in [-0.39, 0.29) is 5.69 Å². The number of aromatic nitrogens is 2. The Hall–Kier alpha value is -3.61. The molecule has 0 aliphatic rings. The molecule has 0 aliphatic carbocycles. The number of nitro groups is 1. The van der Waals surface area contributed by atoms with Crippen LogP contribution in [0.15, 0.2) is 59.7 Å². The lowest BCUT2D eigenvalue weighted by molar-refractivity contribution is -0.385. The lowest BCUT2D eigenvalue weighted by Crippen LogP contribution is -2.03. The first-order valence-corrected chi connectivity index (χ1v) is 7.99. The molecule has 7 nitrogen and oxygen atoms in total. The molecule has 3 aromatic rings. The van der Waals surface area contributed by atoms with Crippen LogP contribution >= 0.6 is 0 Å². The number of hydrazone groups is 1. The third-order valence-corrected chi connectivity index (χ3v) is 3.93. The molecule has 130 valence electrons. The van der Waals surface area contributed by atoms with Crippen molar-refractivity contribution >= 4 is 17.7 Å². The van der Waals surface area contributed by atoms with E-state index in [1.807, 2.05) is 44.2 Å². The first kappa shape index (κ1) is 17.2. The van der Waals surface area contributed by atoms with Crippen LogP contribution in [0, 0.1) is 24.0 Å². The van der Waals surface area contributed by atoms with E-state index in [9.17, 15) is 10.1 Å². The Morgan fingerprint density at radius 1 is 1.04 bits per heavy atom. The summed E-state index contributed by atoms with van der Waals surface area (Å²) in [4.78, 5) is 19.7. The molecule has 26 heavy (non-hydrogen) atoms. The number of aryl methyl sites for hydroxylation is 1. The third kappa shape index (κ3) is 3.72. The number of para-hydroxylation sites is 1. The number of benzene rings is 2. The highest BCUT2D eigenvalue weighted by molar-refractivity contribution is 5.85. The summed E-state index contributed by atoms with van der Waals surface area (Å²) in [7, 11) is 0.